The monoisotopic (exact) mass is 356 g/mol. The summed E-state index contributed by atoms with van der Waals surface area (Å²) in [5.41, 5.74) is 0.608. The van der Waals surface area contributed by atoms with Gasteiger partial charge in [-0.3, -0.25) is 5.10 Å². The molecule has 124 valence electrons. The first-order valence-electron chi connectivity index (χ1n) is 7.23. The first kappa shape index (κ1) is 16.4. The summed E-state index contributed by atoms with van der Waals surface area (Å²) in [6.45, 7) is 1.91. The number of rotatable bonds is 5. The van der Waals surface area contributed by atoms with Gasteiger partial charge < -0.3 is 4.74 Å². The molecule has 0 saturated carbocycles. The quantitative estimate of drug-likeness (QED) is 0.853. The molecule has 0 radical (unpaired) electrons. The molecule has 23 heavy (non-hydrogen) atoms. The molecule has 1 saturated heterocycles. The summed E-state index contributed by atoms with van der Waals surface area (Å²) in [6, 6.07) is 5.00. The van der Waals surface area contributed by atoms with E-state index < -0.39 is 10.0 Å². The Morgan fingerprint density at radius 1 is 1.43 bits per heavy atom. The summed E-state index contributed by atoms with van der Waals surface area (Å²) < 4.78 is 33.3. The van der Waals surface area contributed by atoms with E-state index in [0.717, 1.165) is 12.8 Å². The average Bonchev–Trinajstić information content (AvgIpc) is 3.16. The zero-order valence-corrected chi connectivity index (χ0v) is 14.1. The first-order valence-corrected chi connectivity index (χ1v) is 9.09. The maximum atomic E-state index is 12.5. The highest BCUT2D eigenvalue weighted by atomic mass is 35.5. The molecule has 2 atom stereocenters. The minimum absolute atomic E-state index is 0.117. The molecule has 1 aromatic heterocycles. The Morgan fingerprint density at radius 3 is 2.96 bits per heavy atom. The fourth-order valence-electron chi connectivity index (χ4n) is 2.66. The average molecular weight is 357 g/mol. The van der Waals surface area contributed by atoms with Crippen LogP contribution in [0.15, 0.2) is 29.4 Å². The second kappa shape index (κ2) is 6.56. The molecular weight excluding hydrogens is 340 g/mol. The van der Waals surface area contributed by atoms with Crippen molar-refractivity contribution < 1.29 is 13.2 Å². The van der Waals surface area contributed by atoms with Crippen LogP contribution in [-0.2, 0) is 14.8 Å². The van der Waals surface area contributed by atoms with Gasteiger partial charge in [0.1, 0.15) is 17.3 Å². The molecule has 3 rings (SSSR count). The van der Waals surface area contributed by atoms with E-state index in [4.69, 9.17) is 16.3 Å². The van der Waals surface area contributed by atoms with Gasteiger partial charge in [-0.25, -0.2) is 18.1 Å². The molecule has 1 aliphatic rings. The third kappa shape index (κ3) is 3.55. The zero-order chi connectivity index (χ0) is 16.4. The molecule has 2 aromatic rings. The number of aryl methyl sites for hydroxylation is 1. The van der Waals surface area contributed by atoms with E-state index in [1.807, 2.05) is 0 Å². The van der Waals surface area contributed by atoms with Crippen LogP contribution in [0.1, 0.15) is 30.3 Å². The van der Waals surface area contributed by atoms with Crippen LogP contribution >= 0.6 is 11.6 Å². The van der Waals surface area contributed by atoms with E-state index in [2.05, 4.69) is 19.9 Å². The fourth-order valence-corrected chi connectivity index (χ4v) is 4.55. The number of nitrogens with zero attached hydrogens (tertiary/aromatic N) is 2. The van der Waals surface area contributed by atoms with E-state index in [-0.39, 0.29) is 28.7 Å². The van der Waals surface area contributed by atoms with Crippen LogP contribution in [0.3, 0.4) is 0 Å². The molecule has 7 nitrogen and oxygen atoms in total. The molecule has 1 aromatic carbocycles. The summed E-state index contributed by atoms with van der Waals surface area (Å²) in [7, 11) is -3.68. The van der Waals surface area contributed by atoms with Crippen molar-refractivity contribution in [3.05, 3.63) is 40.9 Å². The van der Waals surface area contributed by atoms with Crippen molar-refractivity contribution in [1.82, 2.24) is 19.9 Å². The van der Waals surface area contributed by atoms with Crippen LogP contribution < -0.4 is 4.72 Å². The van der Waals surface area contributed by atoms with Crippen LogP contribution in [0.2, 0.25) is 5.02 Å². The van der Waals surface area contributed by atoms with Crippen molar-refractivity contribution in [2.45, 2.75) is 36.9 Å². The van der Waals surface area contributed by atoms with Crippen molar-refractivity contribution >= 4 is 21.6 Å². The van der Waals surface area contributed by atoms with Gasteiger partial charge in [-0.15, -0.1) is 0 Å². The summed E-state index contributed by atoms with van der Waals surface area (Å²) >= 11 is 6.03. The Morgan fingerprint density at radius 2 is 2.26 bits per heavy atom. The van der Waals surface area contributed by atoms with Gasteiger partial charge in [0, 0.05) is 6.54 Å². The molecule has 0 unspecified atom stereocenters. The lowest BCUT2D eigenvalue weighted by Crippen LogP contribution is -2.32. The lowest BCUT2D eigenvalue weighted by atomic mass is 10.2. The van der Waals surface area contributed by atoms with Gasteiger partial charge in [0.05, 0.1) is 11.1 Å². The number of H-pyrrole nitrogens is 1. The van der Waals surface area contributed by atoms with E-state index >= 15 is 0 Å². The van der Waals surface area contributed by atoms with E-state index in [9.17, 15) is 8.42 Å². The minimum Gasteiger partial charge on any atom is -0.366 e. The predicted molar refractivity (Wildman–Crippen MR) is 84.6 cm³/mol. The van der Waals surface area contributed by atoms with E-state index in [1.54, 1.807) is 25.1 Å². The number of ether oxygens (including phenoxy) is 1. The first-order chi connectivity index (χ1) is 11.0. The Balaban J connectivity index is 1.64. The molecule has 1 aliphatic heterocycles. The Labute approximate surface area is 139 Å². The number of halogens is 1. The number of benzene rings is 1. The van der Waals surface area contributed by atoms with Gasteiger partial charge in [-0.1, -0.05) is 23.7 Å². The topological polar surface area (TPSA) is 97.0 Å². The van der Waals surface area contributed by atoms with E-state index in [1.165, 1.54) is 6.33 Å². The highest BCUT2D eigenvalue weighted by molar-refractivity contribution is 7.89. The van der Waals surface area contributed by atoms with Crippen molar-refractivity contribution in [3.63, 3.8) is 0 Å². The third-order valence-corrected chi connectivity index (χ3v) is 5.83. The highest BCUT2D eigenvalue weighted by Crippen LogP contribution is 2.30. The maximum absolute atomic E-state index is 12.5. The van der Waals surface area contributed by atoms with Gasteiger partial charge in [0.2, 0.25) is 10.0 Å². The predicted octanol–water partition coefficient (Wildman–Crippen LogP) is 1.97. The van der Waals surface area contributed by atoms with Gasteiger partial charge >= 0.3 is 0 Å². The molecule has 1 fully saturated rings. The second-order valence-electron chi connectivity index (χ2n) is 5.43. The second-order valence-corrected chi connectivity index (χ2v) is 7.54. The third-order valence-electron chi connectivity index (χ3n) is 3.78. The molecule has 2 N–H and O–H groups in total. The molecule has 9 heteroatoms. The Bertz CT molecular complexity index is 759. The molecule has 0 spiro atoms. The van der Waals surface area contributed by atoms with Gasteiger partial charge in [0.15, 0.2) is 5.82 Å². The van der Waals surface area contributed by atoms with Crippen LogP contribution in [0.4, 0.5) is 0 Å². The summed E-state index contributed by atoms with van der Waals surface area (Å²) in [4.78, 5) is 4.18. The van der Waals surface area contributed by atoms with Crippen LogP contribution in [0, 0.1) is 6.92 Å². The summed E-state index contributed by atoms with van der Waals surface area (Å²) in [6.07, 6.45) is 2.56. The summed E-state index contributed by atoms with van der Waals surface area (Å²) in [5.74, 6) is 0.664. The standard InChI is InChI=1S/C14H17ClN4O3S/c1-9-3-2-4-11(15)13(9)23(20,21)18-7-10-5-6-12(22-10)14-16-8-17-19-14/h2-4,8,10,12,18H,5-7H2,1H3,(H,16,17,19)/t10-,12+/m1/s1. The number of hydrogen-bond acceptors (Lipinski definition) is 5. The van der Waals surface area contributed by atoms with Crippen molar-refractivity contribution in [2.24, 2.45) is 0 Å². The number of nitrogens with one attached hydrogen (secondary N) is 2. The zero-order valence-electron chi connectivity index (χ0n) is 12.5. The molecular formula is C14H17ClN4O3S. The van der Waals surface area contributed by atoms with Crippen molar-refractivity contribution in [3.8, 4) is 0 Å². The highest BCUT2D eigenvalue weighted by Gasteiger charge is 2.30. The fraction of sp³-hybridized carbons (Fsp3) is 0.429. The summed E-state index contributed by atoms with van der Waals surface area (Å²) in [5, 5.41) is 6.78. The molecule has 0 bridgehead atoms. The van der Waals surface area contributed by atoms with Crippen molar-refractivity contribution in [1.29, 1.82) is 0 Å². The number of hydrogen-bond donors (Lipinski definition) is 2. The Kier molecular flexibility index (Phi) is 4.67. The van der Waals surface area contributed by atoms with Gasteiger partial charge in [-0.2, -0.15) is 5.10 Å². The number of sulfonamides is 1. The van der Waals surface area contributed by atoms with Crippen LogP contribution in [0.5, 0.6) is 0 Å². The van der Waals surface area contributed by atoms with Crippen LogP contribution in [-0.4, -0.2) is 36.2 Å². The smallest absolute Gasteiger partial charge is 0.242 e. The lowest BCUT2D eigenvalue weighted by molar-refractivity contribution is 0.0430. The molecule has 2 heterocycles. The largest absolute Gasteiger partial charge is 0.366 e. The minimum atomic E-state index is -3.68. The van der Waals surface area contributed by atoms with Gasteiger partial charge in [-0.05, 0) is 31.4 Å². The number of aromatic amines is 1. The Hall–Kier alpha value is -1.48. The molecule has 0 amide bonds. The lowest BCUT2D eigenvalue weighted by Gasteiger charge is -2.15. The SMILES string of the molecule is Cc1cccc(Cl)c1S(=O)(=O)NC[C@H]1CC[C@@H](c2ncn[nH]2)O1. The normalized spacial score (nSPS) is 21.7. The van der Waals surface area contributed by atoms with Crippen LogP contribution in [0.25, 0.3) is 0 Å². The maximum Gasteiger partial charge on any atom is 0.242 e. The number of aromatic nitrogens is 3. The molecule has 0 aliphatic carbocycles. The van der Waals surface area contributed by atoms with Gasteiger partial charge in [0.25, 0.3) is 0 Å². The van der Waals surface area contributed by atoms with Crippen molar-refractivity contribution in [2.75, 3.05) is 6.54 Å². The van der Waals surface area contributed by atoms with E-state index in [0.29, 0.717) is 11.4 Å².